The molecule has 0 aromatic heterocycles. The standard InChI is InChI=1S/C21H43NO2.C5H10N2O3/c1-3-4-5-6-7-8-9-10-11-12-13-14-15-16-17-18-19-24-21(23)20(2)22;6-3(5(9)10)1-2-4(7)8/h20H,3-19,22H2,1-2H3;3H,1-2,6H2,(H2,7,8)(H,9,10)/t20-;3-/m10/s1. The van der Waals surface area contributed by atoms with Gasteiger partial charge < -0.3 is 27.0 Å². The van der Waals surface area contributed by atoms with E-state index in [1.165, 1.54) is 89.9 Å². The van der Waals surface area contributed by atoms with Crippen LogP contribution in [0.4, 0.5) is 0 Å². The van der Waals surface area contributed by atoms with Crippen LogP contribution in [0.15, 0.2) is 0 Å². The molecule has 0 saturated heterocycles. The van der Waals surface area contributed by atoms with Crippen molar-refractivity contribution < 1.29 is 24.2 Å². The summed E-state index contributed by atoms with van der Waals surface area (Å²) in [5.74, 6) is -1.92. The zero-order valence-corrected chi connectivity index (χ0v) is 21.9. The summed E-state index contributed by atoms with van der Waals surface area (Å²) < 4.78 is 5.06. The number of hydrogen-bond acceptors (Lipinski definition) is 6. The third-order valence-corrected chi connectivity index (χ3v) is 5.63. The van der Waals surface area contributed by atoms with Crippen molar-refractivity contribution >= 4 is 17.8 Å². The number of carbonyl (C=O) groups is 3. The number of nitrogens with two attached hydrogens (primary N) is 3. The number of carboxylic acids is 1. The van der Waals surface area contributed by atoms with Crippen molar-refractivity contribution in [1.29, 1.82) is 0 Å². The van der Waals surface area contributed by atoms with E-state index in [4.69, 9.17) is 27.0 Å². The molecule has 0 aromatic carbocycles. The maximum atomic E-state index is 11.2. The summed E-state index contributed by atoms with van der Waals surface area (Å²) in [5.41, 5.74) is 15.2. The molecule has 2 atom stereocenters. The van der Waals surface area contributed by atoms with Crippen molar-refractivity contribution in [2.24, 2.45) is 17.2 Å². The lowest BCUT2D eigenvalue weighted by Crippen LogP contribution is -2.31. The minimum absolute atomic E-state index is 0.0213. The monoisotopic (exact) mass is 487 g/mol. The van der Waals surface area contributed by atoms with E-state index in [0.717, 1.165) is 12.8 Å². The third-order valence-electron chi connectivity index (χ3n) is 5.63. The minimum atomic E-state index is -1.11. The van der Waals surface area contributed by atoms with Crippen LogP contribution in [0.1, 0.15) is 129 Å². The maximum Gasteiger partial charge on any atom is 0.322 e. The summed E-state index contributed by atoms with van der Waals surface area (Å²) in [7, 11) is 0. The molecule has 0 saturated carbocycles. The summed E-state index contributed by atoms with van der Waals surface area (Å²) in [6.45, 7) is 4.47. The molecule has 34 heavy (non-hydrogen) atoms. The Labute approximate surface area is 207 Å². The second-order valence-electron chi connectivity index (χ2n) is 9.21. The Kier molecular flexibility index (Phi) is 26.3. The normalized spacial score (nSPS) is 12.4. The molecule has 1 amide bonds. The first-order chi connectivity index (χ1) is 16.2. The Balaban J connectivity index is 0. The molecule has 0 rings (SSSR count). The first-order valence-corrected chi connectivity index (χ1v) is 13.4. The van der Waals surface area contributed by atoms with Gasteiger partial charge in [0.25, 0.3) is 0 Å². The first kappa shape index (κ1) is 34.5. The van der Waals surface area contributed by atoms with Gasteiger partial charge in [0.05, 0.1) is 6.61 Å². The van der Waals surface area contributed by atoms with Crippen LogP contribution in [-0.2, 0) is 19.1 Å². The van der Waals surface area contributed by atoms with Gasteiger partial charge in [0.2, 0.25) is 5.91 Å². The van der Waals surface area contributed by atoms with Gasteiger partial charge in [-0.2, -0.15) is 0 Å². The second kappa shape index (κ2) is 25.9. The van der Waals surface area contributed by atoms with Gasteiger partial charge in [-0.25, -0.2) is 0 Å². The SMILES string of the molecule is CCCCCCCCCCCCCCCCCCOC(=O)[C@@H](C)N.NC(=O)CC[C@H](N)C(=O)O. The van der Waals surface area contributed by atoms with Crippen molar-refractivity contribution in [3.8, 4) is 0 Å². The Morgan fingerprint density at radius 1 is 0.735 bits per heavy atom. The first-order valence-electron chi connectivity index (χ1n) is 13.4. The minimum Gasteiger partial charge on any atom is -0.480 e. The van der Waals surface area contributed by atoms with Gasteiger partial charge >= 0.3 is 11.9 Å². The number of carboxylic acid groups (broad SMARTS) is 1. The molecule has 0 fully saturated rings. The predicted molar refractivity (Wildman–Crippen MR) is 138 cm³/mol. The van der Waals surface area contributed by atoms with Crippen LogP contribution < -0.4 is 17.2 Å². The number of unbranched alkanes of at least 4 members (excludes halogenated alkanes) is 15. The highest BCUT2D eigenvalue weighted by molar-refractivity contribution is 5.77. The van der Waals surface area contributed by atoms with Crippen LogP contribution in [0.3, 0.4) is 0 Å². The lowest BCUT2D eigenvalue weighted by atomic mass is 10.0. The van der Waals surface area contributed by atoms with E-state index < -0.39 is 24.0 Å². The number of rotatable bonds is 22. The van der Waals surface area contributed by atoms with Crippen molar-refractivity contribution in [3.63, 3.8) is 0 Å². The number of primary amides is 1. The topological polar surface area (TPSA) is 159 Å². The van der Waals surface area contributed by atoms with Crippen LogP contribution in [-0.4, -0.2) is 41.6 Å². The predicted octanol–water partition coefficient (Wildman–Crippen LogP) is 4.80. The summed E-state index contributed by atoms with van der Waals surface area (Å²) >= 11 is 0. The fourth-order valence-electron chi connectivity index (χ4n) is 3.38. The average Bonchev–Trinajstić information content (AvgIpc) is 2.79. The van der Waals surface area contributed by atoms with Gasteiger partial charge in [-0.15, -0.1) is 0 Å². The van der Waals surface area contributed by atoms with Crippen LogP contribution >= 0.6 is 0 Å². The molecule has 0 unspecified atom stereocenters. The van der Waals surface area contributed by atoms with Crippen LogP contribution in [0, 0.1) is 0 Å². The molecule has 202 valence electrons. The molecule has 0 aliphatic heterocycles. The lowest BCUT2D eigenvalue weighted by molar-refractivity contribution is -0.145. The van der Waals surface area contributed by atoms with E-state index in [9.17, 15) is 14.4 Å². The van der Waals surface area contributed by atoms with E-state index >= 15 is 0 Å². The maximum absolute atomic E-state index is 11.2. The largest absolute Gasteiger partial charge is 0.480 e. The van der Waals surface area contributed by atoms with E-state index in [2.05, 4.69) is 6.92 Å². The quantitative estimate of drug-likeness (QED) is 0.126. The van der Waals surface area contributed by atoms with Crippen molar-refractivity contribution in [2.45, 2.75) is 142 Å². The molecule has 0 bridgehead atoms. The number of aliphatic carboxylic acids is 1. The zero-order valence-electron chi connectivity index (χ0n) is 21.9. The van der Waals surface area contributed by atoms with Gasteiger partial charge in [0.1, 0.15) is 12.1 Å². The van der Waals surface area contributed by atoms with Gasteiger partial charge in [-0.3, -0.25) is 14.4 Å². The number of carbonyl (C=O) groups excluding carboxylic acids is 2. The summed E-state index contributed by atoms with van der Waals surface area (Å²) in [6, 6.07) is -1.47. The lowest BCUT2D eigenvalue weighted by Gasteiger charge is -2.07. The number of esters is 1. The van der Waals surface area contributed by atoms with E-state index in [-0.39, 0.29) is 18.8 Å². The Morgan fingerprint density at radius 2 is 1.12 bits per heavy atom. The average molecular weight is 488 g/mol. The fourth-order valence-corrected chi connectivity index (χ4v) is 3.38. The van der Waals surface area contributed by atoms with Crippen molar-refractivity contribution in [1.82, 2.24) is 0 Å². The van der Waals surface area contributed by atoms with Gasteiger partial charge in [0.15, 0.2) is 0 Å². The highest BCUT2D eigenvalue weighted by atomic mass is 16.5. The van der Waals surface area contributed by atoms with Crippen LogP contribution in [0.2, 0.25) is 0 Å². The van der Waals surface area contributed by atoms with Crippen LogP contribution in [0.25, 0.3) is 0 Å². The third kappa shape index (κ3) is 28.4. The van der Waals surface area contributed by atoms with E-state index in [1.807, 2.05) is 0 Å². The molecule has 0 heterocycles. The highest BCUT2D eigenvalue weighted by Crippen LogP contribution is 2.13. The molecular formula is C26H53N3O5. The highest BCUT2D eigenvalue weighted by Gasteiger charge is 2.11. The van der Waals surface area contributed by atoms with E-state index in [0.29, 0.717) is 6.61 Å². The second-order valence-corrected chi connectivity index (χ2v) is 9.21. The molecule has 0 aliphatic rings. The molecule has 8 heteroatoms. The number of ether oxygens (including phenoxy) is 1. The summed E-state index contributed by atoms with van der Waals surface area (Å²) in [6.07, 6.45) is 21.8. The van der Waals surface area contributed by atoms with Gasteiger partial charge in [-0.1, -0.05) is 103 Å². The summed E-state index contributed by atoms with van der Waals surface area (Å²) in [5, 5.41) is 8.22. The Bertz CT molecular complexity index is 501. The summed E-state index contributed by atoms with van der Waals surface area (Å²) in [4.78, 5) is 31.3. The Hall–Kier alpha value is -1.67. The molecule has 0 radical (unpaired) electrons. The van der Waals surface area contributed by atoms with Gasteiger partial charge in [-0.05, 0) is 19.8 Å². The van der Waals surface area contributed by atoms with Gasteiger partial charge in [0, 0.05) is 6.42 Å². The van der Waals surface area contributed by atoms with Crippen molar-refractivity contribution in [3.05, 3.63) is 0 Å². The molecule has 0 aromatic rings. The number of hydrogen-bond donors (Lipinski definition) is 4. The molecule has 7 N–H and O–H groups in total. The molecular weight excluding hydrogens is 434 g/mol. The molecule has 0 aliphatic carbocycles. The molecule has 8 nitrogen and oxygen atoms in total. The fraction of sp³-hybridized carbons (Fsp3) is 0.885. The smallest absolute Gasteiger partial charge is 0.322 e. The van der Waals surface area contributed by atoms with E-state index in [1.54, 1.807) is 6.92 Å². The zero-order chi connectivity index (χ0) is 26.0. The Morgan fingerprint density at radius 3 is 1.44 bits per heavy atom. The van der Waals surface area contributed by atoms with Crippen LogP contribution in [0.5, 0.6) is 0 Å². The number of amides is 1. The molecule has 0 spiro atoms. The van der Waals surface area contributed by atoms with Crippen molar-refractivity contribution in [2.75, 3.05) is 6.61 Å².